The number of fused-ring (bicyclic) bond motifs is 4. The molecular weight excluding hydrogens is 369 g/mol. The third-order valence-electron chi connectivity index (χ3n) is 6.32. The number of aromatic nitrogens is 1. The smallest absolute Gasteiger partial charge is 0.131 e. The Kier molecular flexibility index (Phi) is 3.92. The highest BCUT2D eigenvalue weighted by atomic mass is 19.1. The van der Waals surface area contributed by atoms with Crippen LogP contribution in [0.5, 0.6) is 0 Å². The van der Waals surface area contributed by atoms with E-state index < -0.39 is 0 Å². The summed E-state index contributed by atoms with van der Waals surface area (Å²) in [4.78, 5) is 4.77. The summed E-state index contributed by atoms with van der Waals surface area (Å²) in [5, 5.41) is 3.69. The normalized spacial score (nSPS) is 13.1. The number of hydrogen-bond donors (Lipinski definition) is 0. The van der Waals surface area contributed by atoms with Crippen molar-refractivity contribution in [2.45, 2.75) is 19.3 Å². The van der Waals surface area contributed by atoms with E-state index >= 15 is 0 Å². The van der Waals surface area contributed by atoms with E-state index in [-0.39, 0.29) is 5.82 Å². The number of nitrogens with zero attached hydrogens (tertiary/aromatic N) is 1. The SMILES string of the molecule is Fc1cccc2c1ccc1c(-c3cc4c(c(-c5ccccc5)c3)CCC4)nccc12. The fourth-order valence-corrected chi connectivity index (χ4v) is 4.93. The number of pyridine rings is 1. The van der Waals surface area contributed by atoms with Crippen LogP contribution in [0.2, 0.25) is 0 Å². The largest absolute Gasteiger partial charge is 0.256 e. The maximum absolute atomic E-state index is 14.3. The maximum Gasteiger partial charge on any atom is 0.131 e. The highest BCUT2D eigenvalue weighted by Gasteiger charge is 2.19. The molecule has 0 saturated heterocycles. The van der Waals surface area contributed by atoms with Gasteiger partial charge in [-0.1, -0.05) is 54.6 Å². The van der Waals surface area contributed by atoms with E-state index in [1.165, 1.54) is 34.7 Å². The molecule has 0 N–H and O–H groups in total. The lowest BCUT2D eigenvalue weighted by Gasteiger charge is -2.14. The first-order valence-electron chi connectivity index (χ1n) is 10.5. The molecule has 0 atom stereocenters. The summed E-state index contributed by atoms with van der Waals surface area (Å²) in [6, 6.07) is 26.4. The van der Waals surface area contributed by atoms with Crippen molar-refractivity contribution in [3.8, 4) is 22.4 Å². The Morgan fingerprint density at radius 2 is 1.50 bits per heavy atom. The minimum absolute atomic E-state index is 0.184. The Bertz CT molecular complexity index is 1420. The highest BCUT2D eigenvalue weighted by molar-refractivity contribution is 6.11. The Morgan fingerprint density at radius 1 is 0.667 bits per heavy atom. The van der Waals surface area contributed by atoms with E-state index in [1.54, 1.807) is 6.07 Å². The molecule has 0 aliphatic heterocycles. The number of aryl methyl sites for hydroxylation is 1. The van der Waals surface area contributed by atoms with Gasteiger partial charge in [0.05, 0.1) is 5.69 Å². The molecule has 0 fully saturated rings. The average Bonchev–Trinajstić information content (AvgIpc) is 3.27. The zero-order chi connectivity index (χ0) is 20.1. The van der Waals surface area contributed by atoms with Gasteiger partial charge in [-0.2, -0.15) is 0 Å². The Labute approximate surface area is 174 Å². The van der Waals surface area contributed by atoms with Crippen LogP contribution in [0.3, 0.4) is 0 Å². The fraction of sp³-hybridized carbons (Fsp3) is 0.107. The maximum atomic E-state index is 14.3. The van der Waals surface area contributed by atoms with Crippen LogP contribution in [0.15, 0.2) is 85.1 Å². The molecule has 30 heavy (non-hydrogen) atoms. The van der Waals surface area contributed by atoms with Gasteiger partial charge in [0.2, 0.25) is 0 Å². The standard InChI is InChI=1S/C28H20FN/c29-27-11-5-10-22-23-14-15-30-28(25(23)13-12-24(22)27)20-16-19-8-4-9-21(19)26(17-20)18-6-2-1-3-7-18/h1-3,5-7,10-17H,4,8-9H2. The number of hydrogen-bond acceptors (Lipinski definition) is 1. The van der Waals surface area contributed by atoms with Crippen molar-refractivity contribution >= 4 is 21.5 Å². The van der Waals surface area contributed by atoms with Gasteiger partial charge in [0.15, 0.2) is 0 Å². The van der Waals surface area contributed by atoms with E-state index in [4.69, 9.17) is 4.98 Å². The molecule has 0 radical (unpaired) electrons. The molecule has 2 heteroatoms. The minimum Gasteiger partial charge on any atom is -0.256 e. The molecule has 1 aliphatic carbocycles. The van der Waals surface area contributed by atoms with Crippen molar-refractivity contribution in [3.63, 3.8) is 0 Å². The van der Waals surface area contributed by atoms with Crippen LogP contribution in [0.25, 0.3) is 43.9 Å². The summed E-state index contributed by atoms with van der Waals surface area (Å²) >= 11 is 0. The molecule has 4 aromatic carbocycles. The third-order valence-corrected chi connectivity index (χ3v) is 6.32. The van der Waals surface area contributed by atoms with E-state index in [9.17, 15) is 4.39 Å². The van der Waals surface area contributed by atoms with Crippen molar-refractivity contribution in [1.29, 1.82) is 0 Å². The van der Waals surface area contributed by atoms with Gasteiger partial charge in [-0.3, -0.25) is 4.98 Å². The lowest BCUT2D eigenvalue weighted by atomic mass is 9.91. The summed E-state index contributed by atoms with van der Waals surface area (Å²) in [5.41, 5.74) is 7.56. The summed E-state index contributed by atoms with van der Waals surface area (Å²) < 4.78 is 14.3. The van der Waals surface area contributed by atoms with E-state index in [0.29, 0.717) is 5.39 Å². The number of halogens is 1. The molecular formula is C28H20FN. The van der Waals surface area contributed by atoms with Crippen LogP contribution in [0, 0.1) is 5.82 Å². The van der Waals surface area contributed by atoms with Crippen molar-refractivity contribution in [2.75, 3.05) is 0 Å². The van der Waals surface area contributed by atoms with Gasteiger partial charge in [0.25, 0.3) is 0 Å². The molecule has 144 valence electrons. The van der Waals surface area contributed by atoms with Crippen molar-refractivity contribution in [3.05, 3.63) is 102 Å². The van der Waals surface area contributed by atoms with Gasteiger partial charge >= 0.3 is 0 Å². The topological polar surface area (TPSA) is 12.9 Å². The van der Waals surface area contributed by atoms with Gasteiger partial charge in [-0.25, -0.2) is 4.39 Å². The number of benzene rings is 4. The third kappa shape index (κ3) is 2.64. The molecule has 5 aromatic rings. The molecule has 1 heterocycles. The minimum atomic E-state index is -0.184. The molecule has 0 spiro atoms. The van der Waals surface area contributed by atoms with Gasteiger partial charge in [-0.15, -0.1) is 0 Å². The summed E-state index contributed by atoms with van der Waals surface area (Å²) in [7, 11) is 0. The lowest BCUT2D eigenvalue weighted by Crippen LogP contribution is -1.94. The molecule has 0 bridgehead atoms. The Hall–Kier alpha value is -3.52. The van der Waals surface area contributed by atoms with Crippen LogP contribution in [0.4, 0.5) is 4.39 Å². The Morgan fingerprint density at radius 3 is 2.40 bits per heavy atom. The first kappa shape index (κ1) is 17.3. The molecule has 0 saturated carbocycles. The Balaban J connectivity index is 1.63. The number of rotatable bonds is 2. The first-order valence-corrected chi connectivity index (χ1v) is 10.5. The van der Waals surface area contributed by atoms with Gasteiger partial charge < -0.3 is 0 Å². The van der Waals surface area contributed by atoms with Crippen LogP contribution >= 0.6 is 0 Å². The van der Waals surface area contributed by atoms with Crippen LogP contribution in [-0.4, -0.2) is 4.98 Å². The van der Waals surface area contributed by atoms with Crippen molar-refractivity contribution in [2.24, 2.45) is 0 Å². The molecule has 1 aliphatic rings. The lowest BCUT2D eigenvalue weighted by molar-refractivity contribution is 0.640. The summed E-state index contributed by atoms with van der Waals surface area (Å²) in [6.45, 7) is 0. The van der Waals surface area contributed by atoms with Crippen LogP contribution < -0.4 is 0 Å². The second-order valence-corrected chi connectivity index (χ2v) is 8.04. The molecule has 6 rings (SSSR count). The molecule has 1 nitrogen and oxygen atoms in total. The van der Waals surface area contributed by atoms with Crippen molar-refractivity contribution in [1.82, 2.24) is 4.98 Å². The molecule has 0 amide bonds. The van der Waals surface area contributed by atoms with Crippen molar-refractivity contribution < 1.29 is 4.39 Å². The van der Waals surface area contributed by atoms with E-state index in [1.807, 2.05) is 30.5 Å². The zero-order valence-electron chi connectivity index (χ0n) is 16.5. The second kappa shape index (κ2) is 6.77. The van der Waals surface area contributed by atoms with Crippen LogP contribution in [-0.2, 0) is 12.8 Å². The second-order valence-electron chi connectivity index (χ2n) is 8.04. The highest BCUT2D eigenvalue weighted by Crippen LogP contribution is 2.39. The zero-order valence-corrected chi connectivity index (χ0v) is 16.5. The fourth-order valence-electron chi connectivity index (χ4n) is 4.93. The predicted octanol–water partition coefficient (Wildman–Crippen LogP) is 7.35. The molecule has 1 aromatic heterocycles. The van der Waals surface area contributed by atoms with Gasteiger partial charge in [0, 0.05) is 22.5 Å². The summed E-state index contributed by atoms with van der Waals surface area (Å²) in [6.07, 6.45) is 5.29. The predicted molar refractivity (Wildman–Crippen MR) is 122 cm³/mol. The average molecular weight is 389 g/mol. The van der Waals surface area contributed by atoms with E-state index in [0.717, 1.165) is 40.3 Å². The quantitative estimate of drug-likeness (QED) is 0.288. The van der Waals surface area contributed by atoms with Crippen LogP contribution in [0.1, 0.15) is 17.5 Å². The summed E-state index contributed by atoms with van der Waals surface area (Å²) in [5.74, 6) is -0.184. The van der Waals surface area contributed by atoms with Gasteiger partial charge in [0.1, 0.15) is 5.82 Å². The van der Waals surface area contributed by atoms with E-state index in [2.05, 4.69) is 42.5 Å². The molecule has 0 unspecified atom stereocenters. The monoisotopic (exact) mass is 389 g/mol. The van der Waals surface area contributed by atoms with Gasteiger partial charge in [-0.05, 0) is 76.6 Å². The first-order chi connectivity index (χ1) is 14.8.